The molecule has 2 aromatic carbocycles. The van der Waals surface area contributed by atoms with E-state index in [0.29, 0.717) is 24.0 Å². The number of carboxylic acids is 1. The summed E-state index contributed by atoms with van der Waals surface area (Å²) in [5.41, 5.74) is 7.43. The fourth-order valence-electron chi connectivity index (χ4n) is 4.28. The second-order valence-corrected chi connectivity index (χ2v) is 9.55. The van der Waals surface area contributed by atoms with Crippen LogP contribution in [0, 0.1) is 0 Å². The molecule has 11 nitrogen and oxygen atoms in total. The number of thiol groups is 1. The molecular formula is C26H32N4O7S. The summed E-state index contributed by atoms with van der Waals surface area (Å²) in [6, 6.07) is 8.12. The molecule has 0 radical (unpaired) electrons. The molecule has 2 aromatic rings. The van der Waals surface area contributed by atoms with E-state index in [0.717, 1.165) is 0 Å². The van der Waals surface area contributed by atoms with Crippen LogP contribution >= 0.6 is 12.6 Å². The number of hydrogen-bond acceptors (Lipinski definition) is 8. The standard InChI is InChI=1S/C26H32N4O7S/c27-19(12-15-3-7-17(31)8-4-15)23(33)28-20(13-16-5-9-18(32)10-6-16)24(34)29-21(14-38)25(35)30-11-1-2-22(30)26(36)37/h3-10,19-22,31-32,38H,1-2,11-14,27H2,(H,28,33)(H,29,34)(H,36,37). The Labute approximate surface area is 225 Å². The number of carbonyl (C=O) groups is 4. The molecular weight excluding hydrogens is 512 g/mol. The van der Waals surface area contributed by atoms with E-state index in [1.165, 1.54) is 29.2 Å². The Hall–Kier alpha value is -3.77. The zero-order valence-electron chi connectivity index (χ0n) is 20.6. The van der Waals surface area contributed by atoms with Crippen molar-refractivity contribution in [1.82, 2.24) is 15.5 Å². The fourth-order valence-corrected chi connectivity index (χ4v) is 4.53. The molecule has 1 heterocycles. The second kappa shape index (κ2) is 13.2. The molecule has 0 aromatic heterocycles. The van der Waals surface area contributed by atoms with Crippen LogP contribution in [0.15, 0.2) is 48.5 Å². The Bertz CT molecular complexity index is 1140. The lowest BCUT2D eigenvalue weighted by atomic mass is 10.0. The lowest BCUT2D eigenvalue weighted by Gasteiger charge is -2.28. The van der Waals surface area contributed by atoms with Crippen molar-refractivity contribution in [3.8, 4) is 11.5 Å². The van der Waals surface area contributed by atoms with E-state index in [9.17, 15) is 34.5 Å². The SMILES string of the molecule is NC(Cc1ccc(O)cc1)C(=O)NC(Cc1ccc(O)cc1)C(=O)NC(CS)C(=O)N1CCCC1C(=O)O. The van der Waals surface area contributed by atoms with Crippen molar-refractivity contribution in [3.05, 3.63) is 59.7 Å². The third kappa shape index (κ3) is 7.62. The normalized spacial score (nSPS) is 17.3. The molecule has 3 rings (SSSR count). The van der Waals surface area contributed by atoms with Gasteiger partial charge in [-0.25, -0.2) is 4.79 Å². The number of nitrogens with one attached hydrogen (secondary N) is 2. The van der Waals surface area contributed by atoms with Crippen molar-refractivity contribution in [1.29, 1.82) is 0 Å². The molecule has 1 aliphatic rings. The Morgan fingerprint density at radius 1 is 0.895 bits per heavy atom. The number of nitrogens with two attached hydrogens (primary N) is 1. The Morgan fingerprint density at radius 3 is 1.95 bits per heavy atom. The van der Waals surface area contributed by atoms with Gasteiger partial charge in [0.15, 0.2) is 0 Å². The molecule has 12 heteroatoms. The van der Waals surface area contributed by atoms with Gasteiger partial charge >= 0.3 is 5.97 Å². The summed E-state index contributed by atoms with van der Waals surface area (Å²) in [6.45, 7) is 0.260. The molecule has 4 unspecified atom stereocenters. The summed E-state index contributed by atoms with van der Waals surface area (Å²) in [7, 11) is 0. The summed E-state index contributed by atoms with van der Waals surface area (Å²) in [5, 5.41) is 33.7. The van der Waals surface area contributed by atoms with E-state index >= 15 is 0 Å². The maximum atomic E-state index is 13.3. The van der Waals surface area contributed by atoms with Gasteiger partial charge in [0.05, 0.1) is 6.04 Å². The van der Waals surface area contributed by atoms with Crippen molar-refractivity contribution >= 4 is 36.3 Å². The van der Waals surface area contributed by atoms with Gasteiger partial charge in [0.1, 0.15) is 29.6 Å². The lowest BCUT2D eigenvalue weighted by molar-refractivity contribution is -0.149. The topological polar surface area (TPSA) is 182 Å². The quantitative estimate of drug-likeness (QED) is 0.196. The van der Waals surface area contributed by atoms with Gasteiger partial charge in [-0.1, -0.05) is 24.3 Å². The van der Waals surface area contributed by atoms with Crippen LogP contribution in [0.5, 0.6) is 11.5 Å². The average molecular weight is 545 g/mol. The Morgan fingerprint density at radius 2 is 1.42 bits per heavy atom. The van der Waals surface area contributed by atoms with Crippen molar-refractivity contribution in [2.45, 2.75) is 49.9 Å². The molecule has 0 spiro atoms. The molecule has 204 valence electrons. The van der Waals surface area contributed by atoms with Crippen LogP contribution in [-0.2, 0) is 32.0 Å². The van der Waals surface area contributed by atoms with E-state index in [1.807, 2.05) is 0 Å². The smallest absolute Gasteiger partial charge is 0.326 e. The van der Waals surface area contributed by atoms with E-state index in [4.69, 9.17) is 5.73 Å². The molecule has 38 heavy (non-hydrogen) atoms. The van der Waals surface area contributed by atoms with Gasteiger partial charge in [-0.2, -0.15) is 12.6 Å². The Kier molecular flexibility index (Phi) is 9.97. The maximum Gasteiger partial charge on any atom is 0.326 e. The van der Waals surface area contributed by atoms with Crippen molar-refractivity contribution in [2.75, 3.05) is 12.3 Å². The highest BCUT2D eigenvalue weighted by Crippen LogP contribution is 2.19. The number of hydrogen-bond donors (Lipinski definition) is 7. The van der Waals surface area contributed by atoms with Crippen molar-refractivity contribution in [2.24, 2.45) is 5.73 Å². The number of aliphatic carboxylic acids is 1. The van der Waals surface area contributed by atoms with Crippen molar-refractivity contribution in [3.63, 3.8) is 0 Å². The number of aromatic hydroxyl groups is 2. The number of likely N-dealkylation sites (tertiary alicyclic amines) is 1. The molecule has 1 saturated heterocycles. The maximum absolute atomic E-state index is 13.3. The highest BCUT2D eigenvalue weighted by molar-refractivity contribution is 7.80. The Balaban J connectivity index is 1.74. The zero-order valence-corrected chi connectivity index (χ0v) is 21.5. The number of phenols is 2. The summed E-state index contributed by atoms with van der Waals surface area (Å²) in [4.78, 5) is 52.0. The predicted octanol–water partition coefficient (Wildman–Crippen LogP) is 0.185. The molecule has 1 fully saturated rings. The number of carbonyl (C=O) groups excluding carboxylic acids is 3. The number of benzene rings is 2. The zero-order chi connectivity index (χ0) is 27.8. The molecule has 0 bridgehead atoms. The van der Waals surface area contributed by atoms with Gasteiger partial charge in [0.2, 0.25) is 17.7 Å². The van der Waals surface area contributed by atoms with Crippen LogP contribution in [-0.4, -0.2) is 80.4 Å². The van der Waals surface area contributed by atoms with Crippen molar-refractivity contribution < 1.29 is 34.5 Å². The number of phenolic OH excluding ortho intramolecular Hbond substituents is 2. The van der Waals surface area contributed by atoms with E-state index < -0.39 is 47.9 Å². The first-order valence-electron chi connectivity index (χ1n) is 12.1. The van der Waals surface area contributed by atoms with Gasteiger partial charge in [0.25, 0.3) is 0 Å². The first-order chi connectivity index (χ1) is 18.1. The third-order valence-electron chi connectivity index (χ3n) is 6.36. The van der Waals surface area contributed by atoms with E-state index in [-0.39, 0.29) is 36.6 Å². The molecule has 7 N–H and O–H groups in total. The minimum absolute atomic E-state index is 0.0361. The largest absolute Gasteiger partial charge is 0.508 e. The highest BCUT2D eigenvalue weighted by Gasteiger charge is 2.38. The van der Waals surface area contributed by atoms with Crippen LogP contribution in [0.25, 0.3) is 0 Å². The highest BCUT2D eigenvalue weighted by atomic mass is 32.1. The number of amides is 3. The fraction of sp³-hybridized carbons (Fsp3) is 0.385. The number of rotatable bonds is 11. The summed E-state index contributed by atoms with van der Waals surface area (Å²) in [6.07, 6.45) is 1.06. The van der Waals surface area contributed by atoms with Gasteiger partial charge in [-0.15, -0.1) is 0 Å². The van der Waals surface area contributed by atoms with Crippen LogP contribution in [0.2, 0.25) is 0 Å². The van der Waals surface area contributed by atoms with Crippen LogP contribution in [0.4, 0.5) is 0 Å². The van der Waals surface area contributed by atoms with E-state index in [2.05, 4.69) is 23.3 Å². The minimum Gasteiger partial charge on any atom is -0.508 e. The van der Waals surface area contributed by atoms with Gasteiger partial charge < -0.3 is 36.6 Å². The summed E-state index contributed by atoms with van der Waals surface area (Å²) in [5.74, 6) is -2.90. The average Bonchev–Trinajstić information content (AvgIpc) is 3.39. The van der Waals surface area contributed by atoms with Gasteiger partial charge in [-0.3, -0.25) is 14.4 Å². The lowest BCUT2D eigenvalue weighted by Crippen LogP contribution is -2.58. The monoisotopic (exact) mass is 544 g/mol. The number of nitrogens with zero attached hydrogens (tertiary/aromatic N) is 1. The number of carboxylic acid groups (broad SMARTS) is 1. The van der Waals surface area contributed by atoms with E-state index in [1.54, 1.807) is 24.3 Å². The van der Waals surface area contributed by atoms with Gasteiger partial charge in [-0.05, 0) is 54.7 Å². The second-order valence-electron chi connectivity index (χ2n) is 9.18. The molecule has 0 aliphatic carbocycles. The molecule has 4 atom stereocenters. The summed E-state index contributed by atoms with van der Waals surface area (Å²) < 4.78 is 0. The van der Waals surface area contributed by atoms with Gasteiger partial charge in [0, 0.05) is 18.7 Å². The van der Waals surface area contributed by atoms with Crippen LogP contribution in [0.3, 0.4) is 0 Å². The first kappa shape index (κ1) is 28.8. The minimum atomic E-state index is -1.12. The molecule has 1 aliphatic heterocycles. The predicted molar refractivity (Wildman–Crippen MR) is 142 cm³/mol. The summed E-state index contributed by atoms with van der Waals surface area (Å²) >= 11 is 4.19. The molecule has 3 amide bonds. The third-order valence-corrected chi connectivity index (χ3v) is 6.72. The van der Waals surface area contributed by atoms with Crippen LogP contribution < -0.4 is 16.4 Å². The molecule has 0 saturated carbocycles. The van der Waals surface area contributed by atoms with Crippen LogP contribution in [0.1, 0.15) is 24.0 Å². The first-order valence-corrected chi connectivity index (χ1v) is 12.8.